The van der Waals surface area contributed by atoms with Gasteiger partial charge in [-0.2, -0.15) is 0 Å². The molecule has 7 nitrogen and oxygen atoms in total. The first-order chi connectivity index (χ1) is 18.4. The first-order valence-corrected chi connectivity index (χ1v) is 14.1. The third kappa shape index (κ3) is 8.55. The minimum Gasteiger partial charge on any atom is -0.444 e. The highest BCUT2D eigenvalue weighted by Crippen LogP contribution is 2.40. The van der Waals surface area contributed by atoms with E-state index >= 15 is 0 Å². The van der Waals surface area contributed by atoms with Crippen LogP contribution >= 0.6 is 0 Å². The summed E-state index contributed by atoms with van der Waals surface area (Å²) in [6, 6.07) is 16.5. The van der Waals surface area contributed by atoms with E-state index in [9.17, 15) is 4.79 Å². The van der Waals surface area contributed by atoms with Gasteiger partial charge < -0.3 is 28.8 Å². The van der Waals surface area contributed by atoms with Gasteiger partial charge >= 0.3 is 13.2 Å². The SMILES string of the molecule is CCCCC1(C)OB(c2ccc(-c3ccc(CN(CCOCCO)C(=O)OC(C)(C)C)cc3)cc2)OC1(C)C. The van der Waals surface area contributed by atoms with E-state index in [0.29, 0.717) is 19.7 Å². The van der Waals surface area contributed by atoms with E-state index in [1.165, 1.54) is 0 Å². The fourth-order valence-corrected chi connectivity index (χ4v) is 4.56. The average molecular weight is 540 g/mol. The maximum atomic E-state index is 12.8. The molecule has 1 unspecified atom stereocenters. The molecular formula is C31H46BNO6. The summed E-state index contributed by atoms with van der Waals surface area (Å²) < 4.78 is 23.8. The van der Waals surface area contributed by atoms with Crippen molar-refractivity contribution in [3.8, 4) is 11.1 Å². The number of carbonyl (C=O) groups is 1. The van der Waals surface area contributed by atoms with Crippen LogP contribution in [-0.2, 0) is 25.3 Å². The van der Waals surface area contributed by atoms with Crippen LogP contribution in [0.5, 0.6) is 0 Å². The zero-order valence-electron chi connectivity index (χ0n) is 24.8. The third-order valence-corrected chi connectivity index (χ3v) is 7.29. The summed E-state index contributed by atoms with van der Waals surface area (Å²) in [5.41, 5.74) is 2.92. The molecule has 1 fully saturated rings. The van der Waals surface area contributed by atoms with E-state index < -0.39 is 5.60 Å². The van der Waals surface area contributed by atoms with Gasteiger partial charge in [-0.05, 0) is 70.1 Å². The molecule has 1 heterocycles. The minimum absolute atomic E-state index is 0.0497. The molecule has 0 aliphatic carbocycles. The molecule has 0 aromatic heterocycles. The molecular weight excluding hydrogens is 493 g/mol. The minimum atomic E-state index is -0.588. The van der Waals surface area contributed by atoms with E-state index in [0.717, 1.165) is 41.4 Å². The lowest BCUT2D eigenvalue weighted by molar-refractivity contribution is -0.0169. The number of hydrogen-bond acceptors (Lipinski definition) is 6. The van der Waals surface area contributed by atoms with Gasteiger partial charge in [0.15, 0.2) is 0 Å². The van der Waals surface area contributed by atoms with Crippen molar-refractivity contribution >= 4 is 18.7 Å². The maximum Gasteiger partial charge on any atom is 0.494 e. The molecule has 8 heteroatoms. The van der Waals surface area contributed by atoms with Crippen LogP contribution in [0, 0.1) is 0 Å². The van der Waals surface area contributed by atoms with Crippen molar-refractivity contribution in [1.82, 2.24) is 4.90 Å². The Morgan fingerprint density at radius 2 is 1.59 bits per heavy atom. The van der Waals surface area contributed by atoms with Gasteiger partial charge in [0.1, 0.15) is 5.60 Å². The molecule has 2 aromatic carbocycles. The van der Waals surface area contributed by atoms with Crippen molar-refractivity contribution in [2.24, 2.45) is 0 Å². The molecule has 214 valence electrons. The van der Waals surface area contributed by atoms with Crippen molar-refractivity contribution < 1.29 is 28.7 Å². The Bertz CT molecular complexity index is 1050. The van der Waals surface area contributed by atoms with Crippen molar-refractivity contribution in [3.05, 3.63) is 54.1 Å². The fraction of sp³-hybridized carbons (Fsp3) is 0.581. The van der Waals surface area contributed by atoms with Gasteiger partial charge in [-0.1, -0.05) is 68.3 Å². The smallest absolute Gasteiger partial charge is 0.444 e. The highest BCUT2D eigenvalue weighted by molar-refractivity contribution is 6.62. The molecule has 0 saturated carbocycles. The summed E-state index contributed by atoms with van der Waals surface area (Å²) in [7, 11) is -0.376. The van der Waals surface area contributed by atoms with Crippen molar-refractivity contribution in [3.63, 3.8) is 0 Å². The summed E-state index contributed by atoms with van der Waals surface area (Å²) in [5, 5.41) is 8.95. The number of nitrogens with zero attached hydrogens (tertiary/aromatic N) is 1. The molecule has 1 atom stereocenters. The molecule has 39 heavy (non-hydrogen) atoms. The Morgan fingerprint density at radius 1 is 0.974 bits per heavy atom. The van der Waals surface area contributed by atoms with Gasteiger partial charge in [0, 0.05) is 13.1 Å². The maximum absolute atomic E-state index is 12.8. The van der Waals surface area contributed by atoms with Crippen LogP contribution in [0.1, 0.15) is 73.3 Å². The van der Waals surface area contributed by atoms with Crippen molar-refractivity contribution in [1.29, 1.82) is 0 Å². The second-order valence-electron chi connectivity index (χ2n) is 12.0. The van der Waals surface area contributed by atoms with Crippen LogP contribution in [0.25, 0.3) is 11.1 Å². The van der Waals surface area contributed by atoms with Gasteiger partial charge in [0.2, 0.25) is 0 Å². The largest absolute Gasteiger partial charge is 0.494 e. The summed E-state index contributed by atoms with van der Waals surface area (Å²) in [6.07, 6.45) is 2.82. The topological polar surface area (TPSA) is 77.5 Å². The van der Waals surface area contributed by atoms with Crippen molar-refractivity contribution in [2.45, 2.75) is 91.1 Å². The Labute approximate surface area is 234 Å². The summed E-state index contributed by atoms with van der Waals surface area (Å²) >= 11 is 0. The monoisotopic (exact) mass is 539 g/mol. The number of unbranched alkanes of at least 4 members (excludes halogenated alkanes) is 1. The molecule has 2 aromatic rings. The Kier molecular flexibility index (Phi) is 10.6. The quantitative estimate of drug-likeness (QED) is 0.281. The second-order valence-corrected chi connectivity index (χ2v) is 12.0. The van der Waals surface area contributed by atoms with Crippen LogP contribution in [0.15, 0.2) is 48.5 Å². The molecule has 1 aliphatic rings. The standard InChI is InChI=1S/C31H46BNO6/c1-8-9-18-31(7)30(5,6)38-32(39-31)27-16-14-26(15-17-27)25-12-10-24(11-13-25)23-33(19-21-36-22-20-34)28(35)37-29(2,3)4/h10-17,34H,8-9,18-23H2,1-7H3. The predicted octanol–water partition coefficient (Wildman–Crippen LogP) is 5.57. The van der Waals surface area contributed by atoms with Gasteiger partial charge in [-0.15, -0.1) is 0 Å². The number of benzene rings is 2. The first kappa shape index (κ1) is 31.1. The highest BCUT2D eigenvalue weighted by atomic mass is 16.7. The Hall–Kier alpha value is -2.39. The zero-order chi connectivity index (χ0) is 28.7. The van der Waals surface area contributed by atoms with Gasteiger partial charge in [0.25, 0.3) is 0 Å². The van der Waals surface area contributed by atoms with Gasteiger partial charge in [0.05, 0.1) is 31.0 Å². The number of hydrogen-bond donors (Lipinski definition) is 1. The van der Waals surface area contributed by atoms with Crippen LogP contribution in [-0.4, -0.2) is 66.4 Å². The third-order valence-electron chi connectivity index (χ3n) is 7.29. The number of aliphatic hydroxyl groups is 1. The Morgan fingerprint density at radius 3 is 2.15 bits per heavy atom. The zero-order valence-corrected chi connectivity index (χ0v) is 24.8. The second kappa shape index (κ2) is 13.3. The Balaban J connectivity index is 1.66. The van der Waals surface area contributed by atoms with Gasteiger partial charge in [-0.25, -0.2) is 4.79 Å². The molecule has 3 rings (SSSR count). The number of aliphatic hydroxyl groups excluding tert-OH is 1. The van der Waals surface area contributed by atoms with E-state index in [-0.39, 0.29) is 37.6 Å². The normalized spacial score (nSPS) is 18.8. The highest BCUT2D eigenvalue weighted by Gasteiger charge is 2.53. The lowest BCUT2D eigenvalue weighted by atomic mass is 9.78. The van der Waals surface area contributed by atoms with Crippen LogP contribution in [0.2, 0.25) is 0 Å². The summed E-state index contributed by atoms with van der Waals surface area (Å²) in [4.78, 5) is 14.4. The molecule has 1 saturated heterocycles. The van der Waals surface area contributed by atoms with Crippen molar-refractivity contribution in [2.75, 3.05) is 26.4 Å². The molecule has 0 radical (unpaired) electrons. The van der Waals surface area contributed by atoms with Gasteiger partial charge in [-0.3, -0.25) is 0 Å². The number of amides is 1. The lowest BCUT2D eigenvalue weighted by Gasteiger charge is -2.36. The summed E-state index contributed by atoms with van der Waals surface area (Å²) in [5.74, 6) is 0. The van der Waals surface area contributed by atoms with E-state index in [1.54, 1.807) is 4.90 Å². The first-order valence-electron chi connectivity index (χ1n) is 14.1. The lowest BCUT2D eigenvalue weighted by Crippen LogP contribution is -2.44. The van der Waals surface area contributed by atoms with E-state index in [2.05, 4.69) is 64.1 Å². The molecule has 0 spiro atoms. The molecule has 1 N–H and O–H groups in total. The van der Waals surface area contributed by atoms with Crippen LogP contribution in [0.3, 0.4) is 0 Å². The van der Waals surface area contributed by atoms with E-state index in [4.69, 9.17) is 23.9 Å². The number of rotatable bonds is 12. The average Bonchev–Trinajstić information content (AvgIpc) is 3.12. The fourth-order valence-electron chi connectivity index (χ4n) is 4.56. The number of ether oxygens (including phenoxy) is 2. The van der Waals surface area contributed by atoms with E-state index in [1.807, 2.05) is 32.9 Å². The van der Waals surface area contributed by atoms with Crippen LogP contribution in [0.4, 0.5) is 4.79 Å². The molecule has 1 amide bonds. The van der Waals surface area contributed by atoms with Crippen LogP contribution < -0.4 is 5.46 Å². The predicted molar refractivity (Wildman–Crippen MR) is 156 cm³/mol. The molecule has 0 bridgehead atoms. The summed E-state index contributed by atoms with van der Waals surface area (Å²) in [6.45, 7) is 15.4. The number of carbonyl (C=O) groups excluding carboxylic acids is 1. The molecule has 1 aliphatic heterocycles.